The molecule has 23 heavy (non-hydrogen) atoms. The lowest BCUT2D eigenvalue weighted by Gasteiger charge is -2.17. The maximum absolute atomic E-state index is 12.4. The number of benzene rings is 1. The predicted octanol–water partition coefficient (Wildman–Crippen LogP) is 1.33. The minimum Gasteiger partial charge on any atom is -0.496 e. The number of rotatable bonds is 7. The fraction of sp³-hybridized carbons (Fsp3) is 0.467. The van der Waals surface area contributed by atoms with Gasteiger partial charge < -0.3 is 15.2 Å². The number of hydrogen-bond donors (Lipinski definition) is 2. The second-order valence-electron chi connectivity index (χ2n) is 5.63. The van der Waals surface area contributed by atoms with Crippen LogP contribution in [0.2, 0.25) is 0 Å². The van der Waals surface area contributed by atoms with Crippen molar-refractivity contribution >= 4 is 21.7 Å². The normalized spacial score (nSPS) is 12.7. The molecule has 0 fully saturated rings. The summed E-state index contributed by atoms with van der Waals surface area (Å²) in [7, 11) is -2.16. The molecule has 1 rings (SSSR count). The number of sulfone groups is 1. The summed E-state index contributed by atoms with van der Waals surface area (Å²) in [6, 6.07) is 2.81. The molecule has 0 unspecified atom stereocenters. The Labute approximate surface area is 135 Å². The first kappa shape index (κ1) is 19.0. The number of carbonyl (C=O) groups excluding carboxylic acids is 1. The molecule has 1 aromatic carbocycles. The minimum absolute atomic E-state index is 0.0227. The molecule has 0 aliphatic heterocycles. The van der Waals surface area contributed by atoms with Gasteiger partial charge in [-0.25, -0.2) is 13.2 Å². The van der Waals surface area contributed by atoms with E-state index in [1.807, 2.05) is 13.8 Å². The number of nitrogens with one attached hydrogen (secondary N) is 1. The first-order chi connectivity index (χ1) is 10.6. The SMILES string of the molecule is COc1ccc(S(C)(=O)=O)cc1C(=O)N[C@@H](CC(C)C)C(=O)O. The Kier molecular flexibility index (Phi) is 6.14. The fourth-order valence-electron chi connectivity index (χ4n) is 2.02. The monoisotopic (exact) mass is 343 g/mol. The molecule has 1 amide bonds. The third-order valence-electron chi connectivity index (χ3n) is 3.15. The lowest BCUT2D eigenvalue weighted by Crippen LogP contribution is -2.41. The number of carbonyl (C=O) groups is 2. The van der Waals surface area contributed by atoms with Crippen molar-refractivity contribution in [3.8, 4) is 5.75 Å². The van der Waals surface area contributed by atoms with Gasteiger partial charge in [-0.05, 0) is 30.5 Å². The molecular weight excluding hydrogens is 322 g/mol. The second-order valence-corrected chi connectivity index (χ2v) is 7.64. The summed E-state index contributed by atoms with van der Waals surface area (Å²) in [5.41, 5.74) is -0.0227. The Morgan fingerprint density at radius 2 is 1.91 bits per heavy atom. The van der Waals surface area contributed by atoms with Gasteiger partial charge in [0.05, 0.1) is 17.6 Å². The highest BCUT2D eigenvalue weighted by Crippen LogP contribution is 2.23. The van der Waals surface area contributed by atoms with Crippen LogP contribution >= 0.6 is 0 Å². The van der Waals surface area contributed by atoms with Crippen LogP contribution in [-0.4, -0.2) is 44.8 Å². The van der Waals surface area contributed by atoms with Crippen LogP contribution in [-0.2, 0) is 14.6 Å². The number of hydrogen-bond acceptors (Lipinski definition) is 5. The molecule has 7 nitrogen and oxygen atoms in total. The maximum Gasteiger partial charge on any atom is 0.326 e. The molecule has 0 saturated carbocycles. The first-order valence-electron chi connectivity index (χ1n) is 6.98. The Morgan fingerprint density at radius 1 is 1.30 bits per heavy atom. The van der Waals surface area contributed by atoms with E-state index in [2.05, 4.69) is 5.32 Å². The van der Waals surface area contributed by atoms with Crippen LogP contribution in [0.15, 0.2) is 23.1 Å². The van der Waals surface area contributed by atoms with Crippen LogP contribution in [0, 0.1) is 5.92 Å². The summed E-state index contributed by atoms with van der Waals surface area (Å²) in [4.78, 5) is 23.5. The van der Waals surface area contributed by atoms with Crippen molar-refractivity contribution in [2.24, 2.45) is 5.92 Å². The fourth-order valence-corrected chi connectivity index (χ4v) is 2.67. The van der Waals surface area contributed by atoms with Crippen LogP contribution in [0.3, 0.4) is 0 Å². The second kappa shape index (κ2) is 7.45. The van der Waals surface area contributed by atoms with Gasteiger partial charge in [0.15, 0.2) is 9.84 Å². The summed E-state index contributed by atoms with van der Waals surface area (Å²) in [5.74, 6) is -1.60. The molecule has 0 radical (unpaired) electrons. The van der Waals surface area contributed by atoms with Crippen LogP contribution < -0.4 is 10.1 Å². The van der Waals surface area contributed by atoms with E-state index in [-0.39, 0.29) is 28.5 Å². The summed E-state index contributed by atoms with van der Waals surface area (Å²) in [5, 5.41) is 11.6. The largest absolute Gasteiger partial charge is 0.496 e. The average molecular weight is 343 g/mol. The van der Waals surface area contributed by atoms with Crippen LogP contribution in [0.1, 0.15) is 30.6 Å². The average Bonchev–Trinajstić information content (AvgIpc) is 2.44. The summed E-state index contributed by atoms with van der Waals surface area (Å²) in [6.45, 7) is 3.68. The number of aliphatic carboxylic acids is 1. The van der Waals surface area contributed by atoms with Crippen LogP contribution in [0.25, 0.3) is 0 Å². The van der Waals surface area contributed by atoms with E-state index < -0.39 is 27.8 Å². The molecule has 0 aliphatic rings. The van der Waals surface area contributed by atoms with E-state index in [4.69, 9.17) is 4.74 Å². The molecule has 0 aromatic heterocycles. The van der Waals surface area contributed by atoms with E-state index in [0.717, 1.165) is 6.26 Å². The summed E-state index contributed by atoms with van der Waals surface area (Å²) in [6.07, 6.45) is 1.28. The highest BCUT2D eigenvalue weighted by molar-refractivity contribution is 7.90. The van der Waals surface area contributed by atoms with Gasteiger partial charge in [0.1, 0.15) is 11.8 Å². The van der Waals surface area contributed by atoms with Gasteiger partial charge in [0, 0.05) is 6.26 Å². The van der Waals surface area contributed by atoms with Crippen molar-refractivity contribution in [1.29, 1.82) is 0 Å². The topological polar surface area (TPSA) is 110 Å². The quantitative estimate of drug-likeness (QED) is 0.773. The van der Waals surface area contributed by atoms with Gasteiger partial charge in [-0.1, -0.05) is 13.8 Å². The van der Waals surface area contributed by atoms with Crippen molar-refractivity contribution in [1.82, 2.24) is 5.32 Å². The molecule has 0 spiro atoms. The van der Waals surface area contributed by atoms with E-state index in [1.165, 1.54) is 25.3 Å². The van der Waals surface area contributed by atoms with Crippen LogP contribution in [0.5, 0.6) is 5.75 Å². The van der Waals surface area contributed by atoms with Gasteiger partial charge in [-0.3, -0.25) is 4.79 Å². The molecule has 1 atom stereocenters. The van der Waals surface area contributed by atoms with Gasteiger partial charge in [-0.2, -0.15) is 0 Å². The van der Waals surface area contributed by atoms with Crippen LogP contribution in [0.4, 0.5) is 0 Å². The Morgan fingerprint density at radius 3 is 2.35 bits per heavy atom. The molecule has 0 saturated heterocycles. The van der Waals surface area contributed by atoms with E-state index in [0.29, 0.717) is 0 Å². The Balaban J connectivity index is 3.17. The predicted molar refractivity (Wildman–Crippen MR) is 84.4 cm³/mol. The third-order valence-corrected chi connectivity index (χ3v) is 4.26. The number of amides is 1. The van der Waals surface area contributed by atoms with E-state index >= 15 is 0 Å². The van der Waals surface area contributed by atoms with Crippen molar-refractivity contribution in [3.63, 3.8) is 0 Å². The molecular formula is C15H21NO6S. The third kappa shape index (κ3) is 5.24. The molecule has 8 heteroatoms. The first-order valence-corrected chi connectivity index (χ1v) is 8.87. The highest BCUT2D eigenvalue weighted by Gasteiger charge is 2.24. The molecule has 0 bridgehead atoms. The van der Waals surface area contributed by atoms with E-state index in [9.17, 15) is 23.1 Å². The molecule has 128 valence electrons. The Bertz CT molecular complexity index is 696. The number of carboxylic acids is 1. The lowest BCUT2D eigenvalue weighted by atomic mass is 10.0. The molecule has 2 N–H and O–H groups in total. The zero-order valence-corrected chi connectivity index (χ0v) is 14.3. The number of carboxylic acid groups (broad SMARTS) is 1. The van der Waals surface area contributed by atoms with Gasteiger partial charge in [-0.15, -0.1) is 0 Å². The zero-order chi connectivity index (χ0) is 17.8. The van der Waals surface area contributed by atoms with Crippen molar-refractivity contribution in [3.05, 3.63) is 23.8 Å². The zero-order valence-electron chi connectivity index (χ0n) is 13.5. The standard InChI is InChI=1S/C15H21NO6S/c1-9(2)7-12(15(18)19)16-14(17)11-8-10(23(4,20)21)5-6-13(11)22-3/h5-6,8-9,12H,7H2,1-4H3,(H,16,17)(H,18,19)/t12-/m0/s1. The number of methoxy groups -OCH3 is 1. The van der Waals surface area contributed by atoms with Crippen molar-refractivity contribution in [2.45, 2.75) is 31.2 Å². The lowest BCUT2D eigenvalue weighted by molar-refractivity contribution is -0.139. The minimum atomic E-state index is -3.50. The molecule has 0 aliphatic carbocycles. The van der Waals surface area contributed by atoms with Crippen molar-refractivity contribution < 1.29 is 27.9 Å². The molecule has 1 aromatic rings. The van der Waals surface area contributed by atoms with Gasteiger partial charge in [0.2, 0.25) is 0 Å². The highest BCUT2D eigenvalue weighted by atomic mass is 32.2. The van der Waals surface area contributed by atoms with E-state index in [1.54, 1.807) is 0 Å². The van der Waals surface area contributed by atoms with Gasteiger partial charge >= 0.3 is 5.97 Å². The molecule has 0 heterocycles. The summed E-state index contributed by atoms with van der Waals surface area (Å²) >= 11 is 0. The Hall–Kier alpha value is -2.09. The van der Waals surface area contributed by atoms with Gasteiger partial charge in [0.25, 0.3) is 5.91 Å². The maximum atomic E-state index is 12.4. The van der Waals surface area contributed by atoms with Crippen molar-refractivity contribution in [2.75, 3.05) is 13.4 Å². The smallest absolute Gasteiger partial charge is 0.326 e. The summed E-state index contributed by atoms with van der Waals surface area (Å²) < 4.78 is 28.3. The number of ether oxygens (including phenoxy) is 1.